The average molecular weight is 285 g/mol. The van der Waals surface area contributed by atoms with Crippen LogP contribution in [0.2, 0.25) is 0 Å². The maximum absolute atomic E-state index is 11.3. The summed E-state index contributed by atoms with van der Waals surface area (Å²) in [6.45, 7) is 1.68. The third kappa shape index (κ3) is 1.97. The fraction of sp³-hybridized carbons (Fsp3) is 0.0769. The molecule has 0 unspecified atom stereocenters. The van der Waals surface area contributed by atoms with Gasteiger partial charge in [0.25, 0.3) is 5.91 Å². The molecule has 3 heterocycles. The Morgan fingerprint density at radius 2 is 2.15 bits per heavy atom. The summed E-state index contributed by atoms with van der Waals surface area (Å²) >= 11 is 1.59. The lowest BCUT2D eigenvalue weighted by Crippen LogP contribution is -2.17. The second-order valence-electron chi connectivity index (χ2n) is 4.29. The third-order valence-electron chi connectivity index (χ3n) is 2.93. The van der Waals surface area contributed by atoms with Crippen molar-refractivity contribution in [2.24, 2.45) is 5.73 Å². The standard InChI is InChI=1S/C13H11N5OS/c1-6-10(12(15)19)11(14)18-13(17-6)7-4-9-8(16-5-7)2-3-20-9/h2-5H,1H3,(H2,15,19)(H2,14,17,18). The lowest BCUT2D eigenvalue weighted by Gasteiger charge is -2.07. The first-order valence-corrected chi connectivity index (χ1v) is 6.72. The number of aryl methyl sites for hydroxylation is 1. The molecule has 7 heteroatoms. The molecule has 0 saturated heterocycles. The number of anilines is 1. The largest absolute Gasteiger partial charge is 0.383 e. The van der Waals surface area contributed by atoms with Crippen molar-refractivity contribution in [1.82, 2.24) is 15.0 Å². The van der Waals surface area contributed by atoms with E-state index < -0.39 is 5.91 Å². The van der Waals surface area contributed by atoms with Crippen LogP contribution < -0.4 is 11.5 Å². The molecule has 3 aromatic rings. The summed E-state index contributed by atoms with van der Waals surface area (Å²) in [5, 5.41) is 1.97. The van der Waals surface area contributed by atoms with E-state index >= 15 is 0 Å². The lowest BCUT2D eigenvalue weighted by molar-refractivity contribution is 0.1000. The number of amides is 1. The number of thiophene rings is 1. The molecule has 0 fully saturated rings. The van der Waals surface area contributed by atoms with E-state index in [1.807, 2.05) is 17.5 Å². The van der Waals surface area contributed by atoms with E-state index in [1.165, 1.54) is 0 Å². The molecule has 0 bridgehead atoms. The topological polar surface area (TPSA) is 108 Å². The molecule has 0 spiro atoms. The summed E-state index contributed by atoms with van der Waals surface area (Å²) in [5.74, 6) is -0.0996. The molecule has 0 atom stereocenters. The van der Waals surface area contributed by atoms with Crippen LogP contribution >= 0.6 is 11.3 Å². The Hall–Kier alpha value is -2.54. The number of primary amides is 1. The Morgan fingerprint density at radius 1 is 1.35 bits per heavy atom. The number of hydrogen-bond donors (Lipinski definition) is 2. The average Bonchev–Trinajstić information content (AvgIpc) is 2.84. The van der Waals surface area contributed by atoms with Crippen LogP contribution in [0.1, 0.15) is 16.1 Å². The van der Waals surface area contributed by atoms with Crippen molar-refractivity contribution in [1.29, 1.82) is 0 Å². The number of nitrogen functional groups attached to an aromatic ring is 1. The number of aromatic nitrogens is 3. The van der Waals surface area contributed by atoms with Crippen LogP contribution in [0.4, 0.5) is 5.82 Å². The number of carbonyl (C=O) groups is 1. The van der Waals surface area contributed by atoms with E-state index in [4.69, 9.17) is 11.5 Å². The SMILES string of the molecule is Cc1nc(-c2cnc3ccsc3c2)nc(N)c1C(N)=O. The van der Waals surface area contributed by atoms with E-state index in [0.717, 1.165) is 15.8 Å². The fourth-order valence-electron chi connectivity index (χ4n) is 2.00. The highest BCUT2D eigenvalue weighted by molar-refractivity contribution is 7.17. The highest BCUT2D eigenvalue weighted by Gasteiger charge is 2.15. The van der Waals surface area contributed by atoms with E-state index in [0.29, 0.717) is 11.5 Å². The van der Waals surface area contributed by atoms with Gasteiger partial charge in [0.05, 0.1) is 15.9 Å². The fourth-order valence-corrected chi connectivity index (χ4v) is 2.78. The Morgan fingerprint density at radius 3 is 2.85 bits per heavy atom. The summed E-state index contributed by atoms with van der Waals surface area (Å²) in [6, 6.07) is 3.89. The number of nitrogens with zero attached hydrogens (tertiary/aromatic N) is 3. The van der Waals surface area contributed by atoms with Crippen LogP contribution in [-0.2, 0) is 0 Å². The number of nitrogens with two attached hydrogens (primary N) is 2. The van der Waals surface area contributed by atoms with Gasteiger partial charge >= 0.3 is 0 Å². The van der Waals surface area contributed by atoms with E-state index in [-0.39, 0.29) is 11.4 Å². The zero-order valence-electron chi connectivity index (χ0n) is 10.6. The van der Waals surface area contributed by atoms with Crippen LogP contribution in [0.25, 0.3) is 21.6 Å². The van der Waals surface area contributed by atoms with Crippen LogP contribution in [0, 0.1) is 6.92 Å². The van der Waals surface area contributed by atoms with Gasteiger partial charge in [0.15, 0.2) is 5.82 Å². The first-order chi connectivity index (χ1) is 9.56. The van der Waals surface area contributed by atoms with Crippen LogP contribution in [-0.4, -0.2) is 20.9 Å². The minimum atomic E-state index is -0.626. The molecule has 3 aromatic heterocycles. The molecule has 20 heavy (non-hydrogen) atoms. The first-order valence-electron chi connectivity index (χ1n) is 5.84. The molecule has 1 amide bonds. The van der Waals surface area contributed by atoms with Gasteiger partial charge in [-0.15, -0.1) is 11.3 Å². The molecule has 0 saturated carbocycles. The number of carbonyl (C=O) groups excluding carboxylic acids is 1. The van der Waals surface area contributed by atoms with Crippen molar-refractivity contribution in [3.05, 3.63) is 35.0 Å². The Labute approximate surface area is 118 Å². The zero-order valence-corrected chi connectivity index (χ0v) is 11.4. The van der Waals surface area contributed by atoms with Gasteiger partial charge in [-0.25, -0.2) is 9.97 Å². The molecule has 0 radical (unpaired) electrons. The van der Waals surface area contributed by atoms with Crippen LogP contribution in [0.3, 0.4) is 0 Å². The monoisotopic (exact) mass is 285 g/mol. The summed E-state index contributed by atoms with van der Waals surface area (Å²) in [5.41, 5.74) is 13.4. The second kappa shape index (κ2) is 4.53. The van der Waals surface area contributed by atoms with Crippen molar-refractivity contribution < 1.29 is 4.79 Å². The van der Waals surface area contributed by atoms with Gasteiger partial charge in [0.2, 0.25) is 0 Å². The maximum atomic E-state index is 11.3. The Kier molecular flexibility index (Phi) is 2.83. The summed E-state index contributed by atoms with van der Waals surface area (Å²) in [6.07, 6.45) is 1.69. The Balaban J connectivity index is 2.16. The molecular weight excluding hydrogens is 274 g/mol. The Bertz CT molecular complexity index is 803. The molecule has 0 aromatic carbocycles. The van der Waals surface area contributed by atoms with Crippen LogP contribution in [0.15, 0.2) is 23.7 Å². The number of pyridine rings is 1. The van der Waals surface area contributed by atoms with Crippen molar-refractivity contribution in [3.8, 4) is 11.4 Å². The zero-order chi connectivity index (χ0) is 14.3. The van der Waals surface area contributed by atoms with Crippen molar-refractivity contribution in [2.75, 3.05) is 5.73 Å². The highest BCUT2D eigenvalue weighted by Crippen LogP contribution is 2.25. The summed E-state index contributed by atoms with van der Waals surface area (Å²) < 4.78 is 1.04. The van der Waals surface area contributed by atoms with Crippen molar-refractivity contribution in [2.45, 2.75) is 6.92 Å². The normalized spacial score (nSPS) is 10.8. The summed E-state index contributed by atoms with van der Waals surface area (Å²) in [4.78, 5) is 24.1. The smallest absolute Gasteiger partial charge is 0.254 e. The van der Waals surface area contributed by atoms with E-state index in [2.05, 4.69) is 15.0 Å². The van der Waals surface area contributed by atoms with Gasteiger partial charge in [0, 0.05) is 11.8 Å². The molecule has 0 aliphatic heterocycles. The minimum absolute atomic E-state index is 0.0891. The van der Waals surface area contributed by atoms with Gasteiger partial charge < -0.3 is 11.5 Å². The van der Waals surface area contributed by atoms with Gasteiger partial charge in [-0.1, -0.05) is 0 Å². The number of hydrogen-bond acceptors (Lipinski definition) is 6. The van der Waals surface area contributed by atoms with Crippen molar-refractivity contribution >= 4 is 33.3 Å². The first kappa shape index (κ1) is 12.5. The van der Waals surface area contributed by atoms with E-state index in [1.54, 1.807) is 24.5 Å². The number of rotatable bonds is 2. The quantitative estimate of drug-likeness (QED) is 0.745. The maximum Gasteiger partial charge on any atom is 0.254 e. The predicted molar refractivity (Wildman–Crippen MR) is 78.3 cm³/mol. The number of fused-ring (bicyclic) bond motifs is 1. The van der Waals surface area contributed by atoms with Crippen molar-refractivity contribution in [3.63, 3.8) is 0 Å². The molecule has 0 aliphatic rings. The van der Waals surface area contributed by atoms with Gasteiger partial charge in [-0.05, 0) is 24.4 Å². The van der Waals surface area contributed by atoms with Gasteiger partial charge in [0.1, 0.15) is 11.4 Å². The molecule has 0 aliphatic carbocycles. The highest BCUT2D eigenvalue weighted by atomic mass is 32.1. The minimum Gasteiger partial charge on any atom is -0.383 e. The molecule has 6 nitrogen and oxygen atoms in total. The van der Waals surface area contributed by atoms with Gasteiger partial charge in [-0.2, -0.15) is 0 Å². The lowest BCUT2D eigenvalue weighted by atomic mass is 10.2. The molecule has 100 valence electrons. The summed E-state index contributed by atoms with van der Waals surface area (Å²) in [7, 11) is 0. The third-order valence-corrected chi connectivity index (χ3v) is 3.78. The second-order valence-corrected chi connectivity index (χ2v) is 5.23. The molecule has 3 rings (SSSR count). The van der Waals surface area contributed by atoms with Gasteiger partial charge in [-0.3, -0.25) is 9.78 Å². The molecule has 4 N–H and O–H groups in total. The van der Waals surface area contributed by atoms with Crippen LogP contribution in [0.5, 0.6) is 0 Å². The predicted octanol–water partition coefficient (Wildman–Crippen LogP) is 1.74. The molecular formula is C13H11N5OS. The van der Waals surface area contributed by atoms with E-state index in [9.17, 15) is 4.79 Å².